The number of hydrogen-bond donors (Lipinski definition) is 1. The lowest BCUT2D eigenvalue weighted by Gasteiger charge is -2.47. The largest absolute Gasteiger partial charge is 0.386 e. The van der Waals surface area contributed by atoms with E-state index in [0.29, 0.717) is 26.4 Å². The van der Waals surface area contributed by atoms with Crippen molar-refractivity contribution >= 4 is 15.9 Å². The van der Waals surface area contributed by atoms with Crippen LogP contribution >= 0.6 is 15.9 Å². The molecule has 1 heterocycles. The van der Waals surface area contributed by atoms with Gasteiger partial charge in [0.15, 0.2) is 0 Å². The van der Waals surface area contributed by atoms with Gasteiger partial charge in [0.05, 0.1) is 33.0 Å². The first-order chi connectivity index (χ1) is 24.5. The van der Waals surface area contributed by atoms with Crippen molar-refractivity contribution in [2.45, 2.75) is 76.9 Å². The van der Waals surface area contributed by atoms with E-state index in [9.17, 15) is 5.11 Å². The molecule has 5 aromatic rings. The number of aliphatic hydroxyl groups is 1. The minimum absolute atomic E-state index is 0.229. The lowest BCUT2D eigenvalue weighted by molar-refractivity contribution is -0.287. The molecule has 1 aliphatic rings. The average Bonchev–Trinajstić information content (AvgIpc) is 3.14. The summed E-state index contributed by atoms with van der Waals surface area (Å²) in [7, 11) is 0. The van der Waals surface area contributed by atoms with E-state index in [1.54, 1.807) is 0 Å². The molecule has 0 aliphatic carbocycles. The van der Waals surface area contributed by atoms with Gasteiger partial charge < -0.3 is 28.8 Å². The highest BCUT2D eigenvalue weighted by Crippen LogP contribution is 2.38. The van der Waals surface area contributed by atoms with Crippen LogP contribution in [-0.2, 0) is 50.1 Å². The first kappa shape index (κ1) is 36.1. The molecule has 0 aromatic heterocycles. The maximum atomic E-state index is 12.3. The molecule has 7 heteroatoms. The fourth-order valence-electron chi connectivity index (χ4n) is 6.63. The smallest absolute Gasteiger partial charge is 0.117 e. The molecule has 0 spiro atoms. The van der Waals surface area contributed by atoms with Gasteiger partial charge in [-0.15, -0.1) is 0 Å². The lowest BCUT2D eigenvalue weighted by atomic mass is 9.86. The van der Waals surface area contributed by atoms with Crippen LogP contribution in [0.2, 0.25) is 0 Å². The number of hydrogen-bond acceptors (Lipinski definition) is 6. The Balaban J connectivity index is 1.38. The van der Waals surface area contributed by atoms with Crippen molar-refractivity contribution in [3.05, 3.63) is 177 Å². The normalized spacial score (nSPS) is 21.2. The van der Waals surface area contributed by atoms with Crippen LogP contribution in [0, 0.1) is 13.8 Å². The van der Waals surface area contributed by atoms with E-state index < -0.39 is 36.6 Å². The van der Waals surface area contributed by atoms with Crippen molar-refractivity contribution in [1.82, 2.24) is 0 Å². The highest BCUT2D eigenvalue weighted by atomic mass is 79.9. The van der Waals surface area contributed by atoms with Crippen LogP contribution in [-0.4, -0.2) is 42.2 Å². The van der Waals surface area contributed by atoms with Crippen LogP contribution in [0.5, 0.6) is 0 Å². The van der Waals surface area contributed by atoms with Crippen molar-refractivity contribution in [2.75, 3.05) is 6.61 Å². The number of benzene rings is 5. The van der Waals surface area contributed by atoms with Crippen LogP contribution in [0.15, 0.2) is 138 Å². The van der Waals surface area contributed by atoms with Gasteiger partial charge in [-0.25, -0.2) is 0 Å². The first-order valence-electron chi connectivity index (χ1n) is 17.1. The third kappa shape index (κ3) is 9.56. The Bertz CT molecular complexity index is 1710. The second-order valence-electron chi connectivity index (χ2n) is 12.8. The van der Waals surface area contributed by atoms with E-state index in [4.69, 9.17) is 23.7 Å². The van der Waals surface area contributed by atoms with Crippen LogP contribution < -0.4 is 0 Å². The predicted octanol–water partition coefficient (Wildman–Crippen LogP) is 8.84. The molecule has 260 valence electrons. The van der Waals surface area contributed by atoms with E-state index in [-0.39, 0.29) is 6.61 Å². The third-order valence-electron chi connectivity index (χ3n) is 9.08. The molecule has 1 saturated heterocycles. The van der Waals surface area contributed by atoms with Crippen molar-refractivity contribution in [2.24, 2.45) is 0 Å². The zero-order chi connectivity index (χ0) is 34.7. The molecule has 6 nitrogen and oxygen atoms in total. The van der Waals surface area contributed by atoms with Crippen molar-refractivity contribution in [3.63, 3.8) is 0 Å². The van der Waals surface area contributed by atoms with Gasteiger partial charge in [-0.3, -0.25) is 0 Å². The summed E-state index contributed by atoms with van der Waals surface area (Å²) in [4.78, 5) is 0. The quantitative estimate of drug-likeness (QED) is 0.116. The topological polar surface area (TPSA) is 66.4 Å². The Morgan fingerprint density at radius 3 is 1.44 bits per heavy atom. The van der Waals surface area contributed by atoms with Crippen LogP contribution in [0.1, 0.15) is 45.0 Å². The summed E-state index contributed by atoms with van der Waals surface area (Å²) in [6, 6.07) is 44.3. The fraction of sp³-hybridized carbons (Fsp3) is 0.302. The highest BCUT2D eigenvalue weighted by Gasteiger charge is 2.51. The minimum Gasteiger partial charge on any atom is -0.386 e. The maximum absolute atomic E-state index is 12.3. The van der Waals surface area contributed by atoms with E-state index in [0.717, 1.165) is 43.4 Å². The molecular weight excluding hydrogens is 692 g/mol. The Labute approximate surface area is 304 Å². The van der Waals surface area contributed by atoms with E-state index in [1.165, 1.54) is 0 Å². The van der Waals surface area contributed by atoms with Gasteiger partial charge in [-0.1, -0.05) is 137 Å². The number of rotatable bonds is 15. The summed E-state index contributed by atoms with van der Waals surface area (Å²) >= 11 is 3.62. The molecule has 0 saturated carbocycles. The second kappa shape index (κ2) is 18.0. The van der Waals surface area contributed by atoms with Gasteiger partial charge in [0.2, 0.25) is 0 Å². The number of aryl methyl sites for hydroxylation is 2. The number of ether oxygens (including phenoxy) is 5. The van der Waals surface area contributed by atoms with Gasteiger partial charge in [0, 0.05) is 4.47 Å². The molecule has 0 radical (unpaired) electrons. The van der Waals surface area contributed by atoms with E-state index in [2.05, 4.69) is 15.9 Å². The highest BCUT2D eigenvalue weighted by molar-refractivity contribution is 9.10. The lowest BCUT2D eigenvalue weighted by Crippen LogP contribution is -2.62. The molecule has 6 rings (SSSR count). The zero-order valence-corrected chi connectivity index (χ0v) is 30.2. The molecule has 1 N–H and O–H groups in total. The predicted molar refractivity (Wildman–Crippen MR) is 198 cm³/mol. The minimum atomic E-state index is -1.02. The number of halogens is 1. The summed E-state index contributed by atoms with van der Waals surface area (Å²) < 4.78 is 34.6. The van der Waals surface area contributed by atoms with Gasteiger partial charge in [-0.2, -0.15) is 0 Å². The Kier molecular flexibility index (Phi) is 13.0. The monoisotopic (exact) mass is 736 g/mol. The maximum Gasteiger partial charge on any atom is 0.117 e. The standard InChI is InChI=1S/C43H45BrO6/c1-30-23-36(44)24-31(2)38(30)39(45)41-43(49-28-35-21-13-6-14-22-35)42(48-27-34-19-11-5-12-20-34)40(47-26-33-17-9-4-10-18-33)37(50-41)29-46-25-32-15-7-3-8-16-32/h3-24,37,39-43,45H,25-29H2,1-2H3/t37-,39+,40-,41-,42+,43-/m1/s1. The summed E-state index contributed by atoms with van der Waals surface area (Å²) in [6.07, 6.45) is -4.26. The SMILES string of the molecule is Cc1cc(Br)cc(C)c1[C@H](O)[C@H]1O[C@H](COCc2ccccc2)[C@@H](OCc2ccccc2)[C@H](OCc2ccccc2)[C@@H]1OCc1ccccc1. The molecule has 1 aliphatic heterocycles. The molecule has 50 heavy (non-hydrogen) atoms. The first-order valence-corrected chi connectivity index (χ1v) is 17.9. The molecule has 0 bridgehead atoms. The Morgan fingerprint density at radius 2 is 0.980 bits per heavy atom. The van der Waals surface area contributed by atoms with Gasteiger partial charge in [0.1, 0.15) is 36.6 Å². The van der Waals surface area contributed by atoms with Crippen molar-refractivity contribution < 1.29 is 28.8 Å². The van der Waals surface area contributed by atoms with Gasteiger partial charge >= 0.3 is 0 Å². The average molecular weight is 738 g/mol. The van der Waals surface area contributed by atoms with Crippen molar-refractivity contribution in [3.8, 4) is 0 Å². The molecule has 0 unspecified atom stereocenters. The van der Waals surface area contributed by atoms with Crippen LogP contribution in [0.25, 0.3) is 0 Å². The van der Waals surface area contributed by atoms with Crippen LogP contribution in [0.3, 0.4) is 0 Å². The van der Waals surface area contributed by atoms with Gasteiger partial charge in [-0.05, 0) is 64.9 Å². The third-order valence-corrected chi connectivity index (χ3v) is 9.54. The van der Waals surface area contributed by atoms with E-state index in [1.807, 2.05) is 147 Å². The summed E-state index contributed by atoms with van der Waals surface area (Å²) in [6.45, 7) is 5.64. The molecule has 1 fully saturated rings. The zero-order valence-electron chi connectivity index (χ0n) is 28.6. The number of aliphatic hydroxyl groups excluding tert-OH is 1. The van der Waals surface area contributed by atoms with Crippen LogP contribution in [0.4, 0.5) is 0 Å². The summed E-state index contributed by atoms with van der Waals surface area (Å²) in [5.74, 6) is 0. The summed E-state index contributed by atoms with van der Waals surface area (Å²) in [5, 5.41) is 12.3. The van der Waals surface area contributed by atoms with Crippen molar-refractivity contribution in [1.29, 1.82) is 0 Å². The molecular formula is C43H45BrO6. The van der Waals surface area contributed by atoms with E-state index >= 15 is 0 Å². The molecule has 5 aromatic carbocycles. The summed E-state index contributed by atoms with van der Waals surface area (Å²) in [5.41, 5.74) is 6.84. The Morgan fingerprint density at radius 1 is 0.580 bits per heavy atom. The Hall–Kier alpha value is -3.66. The second-order valence-corrected chi connectivity index (χ2v) is 13.7. The van der Waals surface area contributed by atoms with Gasteiger partial charge in [0.25, 0.3) is 0 Å². The fourth-order valence-corrected chi connectivity index (χ4v) is 7.32. The molecule has 0 amide bonds. The molecule has 6 atom stereocenters.